The van der Waals surface area contributed by atoms with Crippen LogP contribution in [-0.4, -0.2) is 52.8 Å². The van der Waals surface area contributed by atoms with Gasteiger partial charge in [0.2, 0.25) is 5.91 Å². The van der Waals surface area contributed by atoms with E-state index in [4.69, 9.17) is 0 Å². The number of aryl methyl sites for hydroxylation is 2. The number of amides is 4. The van der Waals surface area contributed by atoms with Gasteiger partial charge in [-0.15, -0.1) is 11.3 Å². The van der Waals surface area contributed by atoms with E-state index in [1.165, 1.54) is 19.0 Å². The van der Waals surface area contributed by atoms with Crippen molar-refractivity contribution >= 4 is 29.2 Å². The van der Waals surface area contributed by atoms with E-state index in [0.717, 1.165) is 33.3 Å². The number of hydrogen-bond acceptors (Lipinski definition) is 5. The van der Waals surface area contributed by atoms with E-state index in [-0.39, 0.29) is 24.3 Å². The summed E-state index contributed by atoms with van der Waals surface area (Å²) in [6.07, 6.45) is 1.96. The van der Waals surface area contributed by atoms with E-state index in [1.807, 2.05) is 6.92 Å². The van der Waals surface area contributed by atoms with Gasteiger partial charge in [0.1, 0.15) is 6.04 Å². The van der Waals surface area contributed by atoms with Crippen molar-refractivity contribution in [2.75, 3.05) is 14.1 Å². The van der Waals surface area contributed by atoms with Crippen LogP contribution in [0.5, 0.6) is 0 Å². The van der Waals surface area contributed by atoms with Crippen molar-refractivity contribution in [3.8, 4) is 0 Å². The molecule has 4 amide bonds. The zero-order valence-corrected chi connectivity index (χ0v) is 14.7. The fourth-order valence-corrected chi connectivity index (χ4v) is 3.59. The van der Waals surface area contributed by atoms with Crippen LogP contribution < -0.4 is 5.32 Å². The van der Waals surface area contributed by atoms with E-state index in [9.17, 15) is 14.4 Å². The molecule has 0 radical (unpaired) electrons. The van der Waals surface area contributed by atoms with Crippen LogP contribution >= 0.6 is 11.3 Å². The fourth-order valence-electron chi connectivity index (χ4n) is 2.48. The van der Waals surface area contributed by atoms with Crippen molar-refractivity contribution in [2.24, 2.45) is 0 Å². The average Bonchev–Trinajstić information content (AvgIpc) is 2.94. The third-order valence-corrected chi connectivity index (χ3v) is 5.11. The number of imide groups is 1. The van der Waals surface area contributed by atoms with Crippen molar-refractivity contribution in [3.05, 3.63) is 15.6 Å². The molecule has 126 valence electrons. The van der Waals surface area contributed by atoms with Crippen molar-refractivity contribution < 1.29 is 14.4 Å². The van der Waals surface area contributed by atoms with Gasteiger partial charge in [-0.3, -0.25) is 14.5 Å². The van der Waals surface area contributed by atoms with E-state index in [0.29, 0.717) is 6.54 Å². The minimum absolute atomic E-state index is 0.0227. The van der Waals surface area contributed by atoms with Gasteiger partial charge in [0.05, 0.1) is 23.7 Å². The molecule has 0 unspecified atom stereocenters. The van der Waals surface area contributed by atoms with Crippen LogP contribution in [0.15, 0.2) is 0 Å². The minimum Gasteiger partial charge on any atom is -0.351 e. The van der Waals surface area contributed by atoms with Gasteiger partial charge in [0.15, 0.2) is 0 Å². The zero-order chi connectivity index (χ0) is 17.1. The van der Waals surface area contributed by atoms with Crippen LogP contribution in [0.4, 0.5) is 4.79 Å². The van der Waals surface area contributed by atoms with Crippen molar-refractivity contribution in [2.45, 2.75) is 45.7 Å². The number of aromatic nitrogens is 1. The maximum absolute atomic E-state index is 12.1. The number of hydrogen-bond donors (Lipinski definition) is 1. The average molecular weight is 338 g/mol. The third kappa shape index (κ3) is 3.69. The summed E-state index contributed by atoms with van der Waals surface area (Å²) in [7, 11) is 2.96. The van der Waals surface area contributed by atoms with E-state index in [2.05, 4.69) is 17.2 Å². The van der Waals surface area contributed by atoms with E-state index < -0.39 is 6.04 Å². The monoisotopic (exact) mass is 338 g/mol. The summed E-state index contributed by atoms with van der Waals surface area (Å²) in [5.41, 5.74) is 0.933. The Bertz CT molecular complexity index is 628. The van der Waals surface area contributed by atoms with Crippen LogP contribution in [0.3, 0.4) is 0 Å². The highest BCUT2D eigenvalue weighted by atomic mass is 32.1. The second kappa shape index (κ2) is 7.08. The van der Waals surface area contributed by atoms with Crippen LogP contribution in [0.1, 0.15) is 35.3 Å². The van der Waals surface area contributed by atoms with Gasteiger partial charge in [-0.25, -0.2) is 9.78 Å². The quantitative estimate of drug-likeness (QED) is 0.793. The molecule has 0 aromatic carbocycles. The Hall–Kier alpha value is -1.96. The number of thiazole rings is 1. The smallest absolute Gasteiger partial charge is 0.326 e. The molecule has 1 aliphatic rings. The Labute approximate surface area is 139 Å². The Balaban J connectivity index is 1.91. The predicted octanol–water partition coefficient (Wildman–Crippen LogP) is 1.30. The lowest BCUT2D eigenvalue weighted by Crippen LogP contribution is -2.37. The van der Waals surface area contributed by atoms with Crippen LogP contribution in [0.25, 0.3) is 0 Å². The molecular weight excluding hydrogens is 316 g/mol. The molecule has 7 nitrogen and oxygen atoms in total. The second-order valence-electron chi connectivity index (χ2n) is 5.65. The lowest BCUT2D eigenvalue weighted by molar-refractivity contribution is -0.131. The van der Waals surface area contributed by atoms with Crippen molar-refractivity contribution in [1.29, 1.82) is 0 Å². The normalized spacial score (nSPS) is 18.0. The lowest BCUT2D eigenvalue weighted by Gasteiger charge is -2.15. The SMILES string of the molecule is CCCc1nc(C)c(CNC(=O)C[C@@H]2C(=O)N(C)C(=O)N2C)s1. The molecule has 0 spiro atoms. The molecule has 2 heterocycles. The van der Waals surface area contributed by atoms with Crippen molar-refractivity contribution in [3.63, 3.8) is 0 Å². The topological polar surface area (TPSA) is 82.6 Å². The van der Waals surface area contributed by atoms with Gasteiger partial charge < -0.3 is 10.2 Å². The van der Waals surface area contributed by atoms with E-state index >= 15 is 0 Å². The molecule has 0 saturated carbocycles. The molecule has 1 aromatic rings. The number of likely N-dealkylation sites (N-methyl/N-ethyl adjacent to an activating group) is 2. The molecule has 1 aliphatic heterocycles. The number of nitrogens with zero attached hydrogens (tertiary/aromatic N) is 3. The second-order valence-corrected chi connectivity index (χ2v) is 6.82. The summed E-state index contributed by atoms with van der Waals surface area (Å²) in [5.74, 6) is -0.588. The molecule has 0 bridgehead atoms. The fraction of sp³-hybridized carbons (Fsp3) is 0.600. The summed E-state index contributed by atoms with van der Waals surface area (Å²) < 4.78 is 0. The van der Waals surface area contributed by atoms with Crippen LogP contribution in [0.2, 0.25) is 0 Å². The number of carbonyl (C=O) groups is 3. The van der Waals surface area contributed by atoms with E-state index in [1.54, 1.807) is 11.3 Å². The van der Waals surface area contributed by atoms with Gasteiger partial charge in [-0.1, -0.05) is 6.92 Å². The van der Waals surface area contributed by atoms with Crippen molar-refractivity contribution in [1.82, 2.24) is 20.1 Å². The first-order valence-corrected chi connectivity index (χ1v) is 8.43. The van der Waals surface area contributed by atoms with Gasteiger partial charge in [-0.05, 0) is 19.8 Å². The first-order chi connectivity index (χ1) is 10.8. The molecule has 0 aliphatic carbocycles. The third-order valence-electron chi connectivity index (χ3n) is 3.90. The van der Waals surface area contributed by atoms with Crippen LogP contribution in [0, 0.1) is 6.92 Å². The highest BCUT2D eigenvalue weighted by Crippen LogP contribution is 2.20. The van der Waals surface area contributed by atoms with Gasteiger partial charge in [-0.2, -0.15) is 0 Å². The number of urea groups is 1. The Morgan fingerprint density at radius 2 is 2.04 bits per heavy atom. The molecule has 1 saturated heterocycles. The Morgan fingerprint density at radius 3 is 2.61 bits per heavy atom. The summed E-state index contributed by atoms with van der Waals surface area (Å²) in [6, 6.07) is -1.10. The summed E-state index contributed by atoms with van der Waals surface area (Å²) in [6.45, 7) is 4.44. The lowest BCUT2D eigenvalue weighted by atomic mass is 10.2. The van der Waals surface area contributed by atoms with Gasteiger partial charge >= 0.3 is 6.03 Å². The highest BCUT2D eigenvalue weighted by molar-refractivity contribution is 7.11. The molecule has 2 rings (SSSR count). The van der Waals surface area contributed by atoms with Gasteiger partial charge in [0.25, 0.3) is 5.91 Å². The Morgan fingerprint density at radius 1 is 1.35 bits per heavy atom. The Kier molecular flexibility index (Phi) is 5.35. The maximum Gasteiger partial charge on any atom is 0.326 e. The number of nitrogens with one attached hydrogen (secondary N) is 1. The molecule has 23 heavy (non-hydrogen) atoms. The molecule has 1 N–H and O–H groups in total. The molecule has 8 heteroatoms. The number of carbonyl (C=O) groups excluding carboxylic acids is 3. The predicted molar refractivity (Wildman–Crippen MR) is 87.0 cm³/mol. The zero-order valence-electron chi connectivity index (χ0n) is 13.9. The molecule has 1 atom stereocenters. The summed E-state index contributed by atoms with van der Waals surface area (Å²) in [5, 5.41) is 3.89. The largest absolute Gasteiger partial charge is 0.351 e. The summed E-state index contributed by atoms with van der Waals surface area (Å²) >= 11 is 1.61. The molecular formula is C15H22N4O3S. The molecule has 1 aromatic heterocycles. The first kappa shape index (κ1) is 17.4. The molecule has 1 fully saturated rings. The minimum atomic E-state index is -0.717. The highest BCUT2D eigenvalue weighted by Gasteiger charge is 2.41. The maximum atomic E-state index is 12.1. The van der Waals surface area contributed by atoms with Gasteiger partial charge in [0, 0.05) is 19.0 Å². The van der Waals surface area contributed by atoms with Crippen LogP contribution in [-0.2, 0) is 22.6 Å². The first-order valence-electron chi connectivity index (χ1n) is 7.61. The summed E-state index contributed by atoms with van der Waals surface area (Å²) in [4.78, 5) is 43.6. The number of rotatable bonds is 6. The standard InChI is InChI=1S/C15H22N4O3S/c1-5-6-13-17-9(2)11(23-13)8-16-12(20)7-10-14(21)19(4)15(22)18(10)3/h10H,5-8H2,1-4H3,(H,16,20)/t10-/m1/s1.